The molecular weight excluding hydrogens is 811 g/mol. The van der Waals surface area contributed by atoms with Gasteiger partial charge < -0.3 is 0 Å². The summed E-state index contributed by atoms with van der Waals surface area (Å²) in [6.45, 7) is 0. The quantitative estimate of drug-likeness (QED) is 0.101. The van der Waals surface area contributed by atoms with Crippen LogP contribution in [0.25, 0.3) is 0 Å². The van der Waals surface area contributed by atoms with Gasteiger partial charge in [0.25, 0.3) is 0 Å². The molecule has 204 valence electrons. The van der Waals surface area contributed by atoms with E-state index >= 15 is 0 Å². The van der Waals surface area contributed by atoms with E-state index in [1.54, 1.807) is 24.3 Å². The highest BCUT2D eigenvalue weighted by Gasteiger charge is 2.11. The van der Waals surface area contributed by atoms with Gasteiger partial charge in [-0.1, -0.05) is 135 Å². The van der Waals surface area contributed by atoms with Crippen LogP contribution in [-0.2, 0) is 0 Å². The normalized spacial score (nSPS) is 11.4. The van der Waals surface area contributed by atoms with Crippen LogP contribution < -0.4 is 0 Å². The van der Waals surface area contributed by atoms with Crippen molar-refractivity contribution in [2.24, 2.45) is 10.2 Å². The van der Waals surface area contributed by atoms with Crippen LogP contribution in [0.5, 0.6) is 0 Å². The van der Waals surface area contributed by atoms with Gasteiger partial charge in [0.2, 0.25) is 0 Å². The van der Waals surface area contributed by atoms with Crippen molar-refractivity contribution in [1.29, 1.82) is 0 Å². The molecule has 0 spiro atoms. The molecule has 0 aromatic heterocycles. The Balaban J connectivity index is 0.000000220. The molecule has 0 heterocycles. The molecule has 0 aliphatic carbocycles. The van der Waals surface area contributed by atoms with Crippen LogP contribution in [0.3, 0.4) is 0 Å². The predicted octanol–water partition coefficient (Wildman–Crippen LogP) is 10.9. The Labute approximate surface area is 276 Å². The van der Waals surface area contributed by atoms with Crippen molar-refractivity contribution in [2.75, 3.05) is 0 Å². The van der Waals surface area contributed by atoms with Crippen LogP contribution >= 0.6 is 86.9 Å². The number of hydrogen-bond donors (Lipinski definition) is 0. The molecule has 0 radical (unpaired) electrons. The zero-order valence-corrected chi connectivity index (χ0v) is 28.5. The maximum Gasteiger partial charge on any atom is 0.163 e. The Bertz CT molecular complexity index is 1390. The van der Waals surface area contributed by atoms with Gasteiger partial charge in [-0.3, -0.25) is 9.59 Å². The molecule has 0 aliphatic heterocycles. The number of halogens is 6. The second kappa shape index (κ2) is 16.5. The molecule has 10 heteroatoms. The molecule has 0 aliphatic rings. The fourth-order valence-electron chi connectivity index (χ4n) is 3.17. The molecule has 0 amide bonds. The summed E-state index contributed by atoms with van der Waals surface area (Å²) in [5, 5.41) is 8.44. The standard InChI is InChI=1S/C16H12Br2O2.C14H8Br2Cl2N2/c17-13-5-1-11(2-6-13)15(19)9-10-16(20)12-3-7-14(18)8-4-12;15-11-5-1-9(2-6-11)13(17)19-20-14(18)10-3-7-12(16)8-4-10/h1-8H,9-10H2;1-8H. The fraction of sp³-hybridized carbons (Fsp3) is 0.0667. The minimum atomic E-state index is -0.0111. The maximum atomic E-state index is 12.0. The van der Waals surface area contributed by atoms with Crippen LogP contribution in [0.1, 0.15) is 44.7 Å². The molecular formula is C30H20Br4Cl2N2O2. The summed E-state index contributed by atoms with van der Waals surface area (Å²) in [4.78, 5) is 23.9. The molecule has 0 unspecified atom stereocenters. The average molecular weight is 831 g/mol. The summed E-state index contributed by atoms with van der Waals surface area (Å²) in [5.74, 6) is -0.0223. The smallest absolute Gasteiger partial charge is 0.163 e. The van der Waals surface area contributed by atoms with Crippen LogP contribution in [0, 0.1) is 0 Å². The zero-order chi connectivity index (χ0) is 29.1. The van der Waals surface area contributed by atoms with Gasteiger partial charge in [0.1, 0.15) is 0 Å². The minimum absolute atomic E-state index is 0.0111. The van der Waals surface area contributed by atoms with Crippen LogP contribution in [0.2, 0.25) is 0 Å². The number of Topliss-reactive ketones (excluding diaryl/α,β-unsaturated/α-hetero) is 2. The molecule has 0 saturated carbocycles. The Kier molecular flexibility index (Phi) is 13.4. The van der Waals surface area contributed by atoms with Gasteiger partial charge in [0.15, 0.2) is 21.9 Å². The number of carbonyl (C=O) groups excluding carboxylic acids is 2. The molecule has 0 bridgehead atoms. The van der Waals surface area contributed by atoms with Gasteiger partial charge in [0.05, 0.1) is 0 Å². The minimum Gasteiger partial charge on any atom is -0.294 e. The van der Waals surface area contributed by atoms with Crippen molar-refractivity contribution in [1.82, 2.24) is 0 Å². The lowest BCUT2D eigenvalue weighted by molar-refractivity contribution is 0.0917. The Morgan fingerprint density at radius 3 is 0.925 bits per heavy atom. The van der Waals surface area contributed by atoms with Crippen LogP contribution in [0.15, 0.2) is 125 Å². The number of rotatable bonds is 8. The number of nitrogens with zero attached hydrogens (tertiary/aromatic N) is 2. The number of carbonyl (C=O) groups is 2. The van der Waals surface area contributed by atoms with E-state index in [4.69, 9.17) is 23.2 Å². The monoisotopic (exact) mass is 826 g/mol. The van der Waals surface area contributed by atoms with E-state index in [9.17, 15) is 9.59 Å². The largest absolute Gasteiger partial charge is 0.294 e. The molecule has 4 aromatic rings. The van der Waals surface area contributed by atoms with Crippen molar-refractivity contribution in [3.63, 3.8) is 0 Å². The molecule has 4 aromatic carbocycles. The highest BCUT2D eigenvalue weighted by Crippen LogP contribution is 2.17. The lowest BCUT2D eigenvalue weighted by atomic mass is 10.0. The second-order valence-electron chi connectivity index (χ2n) is 8.16. The first-order valence-corrected chi connectivity index (χ1v) is 15.6. The van der Waals surface area contributed by atoms with Crippen LogP contribution in [-0.4, -0.2) is 21.9 Å². The van der Waals surface area contributed by atoms with Gasteiger partial charge in [-0.05, 0) is 48.5 Å². The highest BCUT2D eigenvalue weighted by atomic mass is 79.9. The zero-order valence-electron chi connectivity index (χ0n) is 20.6. The first-order valence-electron chi connectivity index (χ1n) is 11.7. The van der Waals surface area contributed by atoms with E-state index in [0.29, 0.717) is 11.1 Å². The number of ketones is 2. The van der Waals surface area contributed by atoms with E-state index in [2.05, 4.69) is 73.9 Å². The molecule has 4 nitrogen and oxygen atoms in total. The van der Waals surface area contributed by atoms with Gasteiger partial charge in [-0.15, -0.1) is 10.2 Å². The molecule has 0 fully saturated rings. The van der Waals surface area contributed by atoms with Crippen molar-refractivity contribution in [2.45, 2.75) is 12.8 Å². The summed E-state index contributed by atoms with van der Waals surface area (Å²) in [7, 11) is 0. The van der Waals surface area contributed by atoms with E-state index in [-0.39, 0.29) is 34.7 Å². The topological polar surface area (TPSA) is 58.9 Å². The lowest BCUT2D eigenvalue weighted by Crippen LogP contribution is -2.05. The lowest BCUT2D eigenvalue weighted by Gasteiger charge is -2.02. The third-order valence-corrected chi connectivity index (χ3v) is 8.00. The maximum absolute atomic E-state index is 12.0. The molecule has 0 N–H and O–H groups in total. The van der Waals surface area contributed by atoms with Gasteiger partial charge in [-0.2, -0.15) is 0 Å². The summed E-state index contributed by atoms with van der Waals surface area (Å²) in [5.41, 5.74) is 2.83. The highest BCUT2D eigenvalue weighted by molar-refractivity contribution is 9.11. The van der Waals surface area contributed by atoms with E-state index in [0.717, 1.165) is 29.0 Å². The summed E-state index contributed by atoms with van der Waals surface area (Å²) >= 11 is 25.5. The van der Waals surface area contributed by atoms with Crippen LogP contribution in [0.4, 0.5) is 0 Å². The Morgan fingerprint density at radius 1 is 0.450 bits per heavy atom. The van der Waals surface area contributed by atoms with Gasteiger partial charge >= 0.3 is 0 Å². The number of benzene rings is 4. The Hall–Kier alpha value is -1.94. The molecule has 4 rings (SSSR count). The fourth-order valence-corrected chi connectivity index (χ4v) is 4.55. The molecule has 40 heavy (non-hydrogen) atoms. The number of hydrogen-bond acceptors (Lipinski definition) is 4. The second-order valence-corrected chi connectivity index (χ2v) is 12.5. The SMILES string of the molecule is ClC(=NN=C(Cl)c1ccc(Br)cc1)c1ccc(Br)cc1.O=C(CCC(=O)c1ccc(Br)cc1)c1ccc(Br)cc1. The van der Waals surface area contributed by atoms with E-state index in [1.807, 2.05) is 72.8 Å². The third kappa shape index (κ3) is 10.8. The van der Waals surface area contributed by atoms with E-state index < -0.39 is 0 Å². The molecule has 0 atom stereocenters. The predicted molar refractivity (Wildman–Crippen MR) is 179 cm³/mol. The van der Waals surface area contributed by atoms with Gasteiger partial charge in [-0.25, -0.2) is 0 Å². The first-order chi connectivity index (χ1) is 19.1. The van der Waals surface area contributed by atoms with Crippen molar-refractivity contribution < 1.29 is 9.59 Å². The molecule has 0 saturated heterocycles. The summed E-state index contributed by atoms with van der Waals surface area (Å²) in [6, 6.07) is 29.2. The van der Waals surface area contributed by atoms with E-state index in [1.165, 1.54) is 0 Å². The van der Waals surface area contributed by atoms with Crippen molar-refractivity contribution in [3.05, 3.63) is 137 Å². The third-order valence-electron chi connectivity index (χ3n) is 5.30. The van der Waals surface area contributed by atoms with Crippen molar-refractivity contribution >= 4 is 109 Å². The van der Waals surface area contributed by atoms with Gasteiger partial charge in [0, 0.05) is 53.0 Å². The Morgan fingerprint density at radius 2 is 0.675 bits per heavy atom. The summed E-state index contributed by atoms with van der Waals surface area (Å²) < 4.78 is 3.81. The van der Waals surface area contributed by atoms with Crippen molar-refractivity contribution in [3.8, 4) is 0 Å². The first kappa shape index (κ1) is 32.6. The average Bonchev–Trinajstić information content (AvgIpc) is 2.96. The summed E-state index contributed by atoms with van der Waals surface area (Å²) in [6.07, 6.45) is 0.465.